The number of hydrogen-bond acceptors (Lipinski definition) is 4. The summed E-state index contributed by atoms with van der Waals surface area (Å²) in [6.07, 6.45) is 0. The minimum atomic E-state index is -0.466. The molecule has 7 aromatic carbocycles. The largest absolute Gasteiger partial charge is 0.309 e. The standard InChI is InChI=1S/C45H28N4S/c1-3-12-30(13-4-1)43-46-44(31-14-5-2-6-15-31)48-45(47-43)33-17-11-16-32(28-33)29-22-24-34(25-23-29)49-38-20-9-7-19-37(38)41-39(49)27-26-36-35-18-8-10-21-40(35)50-42(36)41/h1-28H/i7D,8D,9D,10D,18D,19D,20D,21D,26D,27D. The molecule has 0 amide bonds. The van der Waals surface area contributed by atoms with Gasteiger partial charge in [-0.25, -0.2) is 15.0 Å². The van der Waals surface area contributed by atoms with Gasteiger partial charge in [0.05, 0.1) is 24.7 Å². The van der Waals surface area contributed by atoms with Gasteiger partial charge in [0.1, 0.15) is 0 Å². The van der Waals surface area contributed by atoms with Gasteiger partial charge >= 0.3 is 0 Å². The summed E-state index contributed by atoms with van der Waals surface area (Å²) < 4.78 is 90.1. The first-order valence-corrected chi connectivity index (χ1v) is 16.7. The summed E-state index contributed by atoms with van der Waals surface area (Å²) in [5, 5.41) is 0.672. The SMILES string of the molecule is [2H]c1c([2H])c([2H])c2c(sc3c2c([2H])c([2H])c2c3c3c([2H])c([2H])c([2H])c([2H])c3n2-c2ccc(-c3cccc(-c4nc(-c5ccccc5)nc(-c5ccccc5)n4)c3)cc2)c1[2H]. The minimum absolute atomic E-state index is 0.111. The first-order chi connectivity index (χ1) is 28.9. The second-order valence-corrected chi connectivity index (χ2v) is 12.7. The topological polar surface area (TPSA) is 43.6 Å². The number of para-hydroxylation sites is 1. The van der Waals surface area contributed by atoms with Crippen molar-refractivity contribution >= 4 is 53.3 Å². The van der Waals surface area contributed by atoms with Crippen LogP contribution in [0, 0.1) is 0 Å². The molecule has 50 heavy (non-hydrogen) atoms. The van der Waals surface area contributed by atoms with Gasteiger partial charge in [-0.2, -0.15) is 0 Å². The highest BCUT2D eigenvalue weighted by atomic mass is 32.1. The van der Waals surface area contributed by atoms with E-state index in [1.54, 1.807) is 16.7 Å². The molecule has 0 saturated heterocycles. The molecule has 0 aliphatic carbocycles. The van der Waals surface area contributed by atoms with Gasteiger partial charge in [-0.3, -0.25) is 0 Å². The molecule has 10 rings (SSSR count). The molecule has 0 unspecified atom stereocenters. The maximum absolute atomic E-state index is 9.37. The second kappa shape index (κ2) is 11.6. The van der Waals surface area contributed by atoms with Crippen molar-refractivity contribution in [1.82, 2.24) is 19.5 Å². The molecule has 3 aromatic heterocycles. The molecule has 0 saturated carbocycles. The Morgan fingerprint density at radius 2 is 1.06 bits per heavy atom. The lowest BCUT2D eigenvalue weighted by Crippen LogP contribution is -2.00. The maximum atomic E-state index is 9.37. The Morgan fingerprint density at radius 3 is 1.78 bits per heavy atom. The van der Waals surface area contributed by atoms with E-state index >= 15 is 0 Å². The van der Waals surface area contributed by atoms with E-state index in [0.29, 0.717) is 27.9 Å². The van der Waals surface area contributed by atoms with E-state index in [2.05, 4.69) is 0 Å². The molecule has 10 aromatic rings. The van der Waals surface area contributed by atoms with Crippen molar-refractivity contribution in [2.45, 2.75) is 0 Å². The average molecular weight is 667 g/mol. The van der Waals surface area contributed by atoms with Crippen molar-refractivity contribution in [2.24, 2.45) is 0 Å². The molecule has 5 heteroatoms. The predicted octanol–water partition coefficient (Wildman–Crippen LogP) is 12.0. The number of aromatic nitrogens is 4. The van der Waals surface area contributed by atoms with Crippen LogP contribution in [0.1, 0.15) is 13.7 Å². The summed E-state index contributed by atoms with van der Waals surface area (Å²) in [5.41, 5.74) is 4.92. The first-order valence-electron chi connectivity index (χ1n) is 20.9. The zero-order valence-electron chi connectivity index (χ0n) is 36.1. The quantitative estimate of drug-likeness (QED) is 0.184. The first kappa shape index (κ1) is 20.2. The van der Waals surface area contributed by atoms with Gasteiger partial charge in [0.2, 0.25) is 0 Å². The van der Waals surface area contributed by atoms with Crippen molar-refractivity contribution in [3.8, 4) is 51.0 Å². The van der Waals surface area contributed by atoms with E-state index in [1.165, 1.54) is 0 Å². The third-order valence-corrected chi connectivity index (χ3v) is 9.87. The predicted molar refractivity (Wildman–Crippen MR) is 209 cm³/mol. The van der Waals surface area contributed by atoms with Crippen molar-refractivity contribution in [1.29, 1.82) is 0 Å². The van der Waals surface area contributed by atoms with Gasteiger partial charge in [0, 0.05) is 53.3 Å². The van der Waals surface area contributed by atoms with Crippen LogP contribution in [0.4, 0.5) is 0 Å². The van der Waals surface area contributed by atoms with Gasteiger partial charge < -0.3 is 4.57 Å². The molecule has 0 bridgehead atoms. The van der Waals surface area contributed by atoms with E-state index in [1.807, 2.05) is 97.1 Å². The molecule has 234 valence electrons. The molecular weight excluding hydrogens is 629 g/mol. The maximum Gasteiger partial charge on any atom is 0.164 e. The number of fused-ring (bicyclic) bond motifs is 7. The van der Waals surface area contributed by atoms with Crippen molar-refractivity contribution in [3.63, 3.8) is 0 Å². The van der Waals surface area contributed by atoms with E-state index in [9.17, 15) is 2.74 Å². The number of hydrogen-bond donors (Lipinski definition) is 0. The van der Waals surface area contributed by atoms with Crippen molar-refractivity contribution < 1.29 is 13.7 Å². The number of nitrogens with zero attached hydrogens (tertiary/aromatic N) is 4. The molecule has 0 fully saturated rings. The van der Waals surface area contributed by atoms with Crippen LogP contribution in [0.25, 0.3) is 93.0 Å². The number of rotatable bonds is 5. The van der Waals surface area contributed by atoms with E-state index < -0.39 is 24.2 Å². The molecule has 4 nitrogen and oxygen atoms in total. The minimum Gasteiger partial charge on any atom is -0.309 e. The van der Waals surface area contributed by atoms with Gasteiger partial charge in [-0.05, 0) is 47.5 Å². The van der Waals surface area contributed by atoms with Gasteiger partial charge in [0.25, 0.3) is 0 Å². The van der Waals surface area contributed by atoms with Crippen molar-refractivity contribution in [3.05, 3.63) is 170 Å². The highest BCUT2D eigenvalue weighted by Gasteiger charge is 2.18. The van der Waals surface area contributed by atoms with Crippen LogP contribution in [0.15, 0.2) is 170 Å². The van der Waals surface area contributed by atoms with Crippen LogP contribution < -0.4 is 0 Å². The fourth-order valence-corrected chi connectivity index (χ4v) is 7.53. The molecule has 0 radical (unpaired) electrons. The van der Waals surface area contributed by atoms with Crippen LogP contribution in [0.3, 0.4) is 0 Å². The normalized spacial score (nSPS) is 14.4. The van der Waals surface area contributed by atoms with Gasteiger partial charge in [0.15, 0.2) is 17.5 Å². The lowest BCUT2D eigenvalue weighted by Gasteiger charge is -2.11. The summed E-state index contributed by atoms with van der Waals surface area (Å²) in [5.74, 6) is 1.58. The van der Waals surface area contributed by atoms with Crippen LogP contribution in [0.5, 0.6) is 0 Å². The molecule has 0 aliphatic heterocycles. The highest BCUT2D eigenvalue weighted by Crippen LogP contribution is 2.43. The monoisotopic (exact) mass is 666 g/mol. The van der Waals surface area contributed by atoms with Crippen LogP contribution in [-0.2, 0) is 0 Å². The van der Waals surface area contributed by atoms with Crippen LogP contribution >= 0.6 is 11.3 Å². The Hall–Kier alpha value is -6.43. The molecule has 0 N–H and O–H groups in total. The Balaban J connectivity index is 1.16. The van der Waals surface area contributed by atoms with Crippen molar-refractivity contribution in [2.75, 3.05) is 0 Å². The fraction of sp³-hybridized carbons (Fsp3) is 0. The lowest BCUT2D eigenvalue weighted by molar-refractivity contribution is 1.07. The molecule has 3 heterocycles. The summed E-state index contributed by atoms with van der Waals surface area (Å²) >= 11 is 1.03. The summed E-state index contributed by atoms with van der Waals surface area (Å²) in [4.78, 5) is 14.6. The number of thiophene rings is 1. The van der Waals surface area contributed by atoms with Crippen LogP contribution in [0.2, 0.25) is 0 Å². The summed E-state index contributed by atoms with van der Waals surface area (Å²) in [7, 11) is 0. The molecule has 0 aliphatic rings. The third kappa shape index (κ3) is 4.71. The highest BCUT2D eigenvalue weighted by molar-refractivity contribution is 7.26. The molecule has 0 spiro atoms. The van der Waals surface area contributed by atoms with Crippen LogP contribution in [-0.4, -0.2) is 19.5 Å². The zero-order chi connectivity index (χ0) is 41.7. The zero-order valence-corrected chi connectivity index (χ0v) is 26.9. The van der Waals surface area contributed by atoms with Gasteiger partial charge in [-0.1, -0.05) is 133 Å². The Kier molecular flexibility index (Phi) is 4.69. The lowest BCUT2D eigenvalue weighted by atomic mass is 10.0. The summed E-state index contributed by atoms with van der Waals surface area (Å²) in [6, 6.07) is 31.0. The van der Waals surface area contributed by atoms with E-state index in [-0.39, 0.29) is 73.5 Å². The van der Waals surface area contributed by atoms with E-state index in [0.717, 1.165) is 39.2 Å². The Bertz CT molecular complexity index is 3370. The third-order valence-electron chi connectivity index (χ3n) is 8.75. The summed E-state index contributed by atoms with van der Waals surface area (Å²) in [6.45, 7) is 0. The van der Waals surface area contributed by atoms with E-state index in [4.69, 9.17) is 25.9 Å². The molecular formula is C45H28N4S. The molecule has 0 atom stereocenters. The fourth-order valence-electron chi connectivity index (χ4n) is 6.41. The Morgan fingerprint density at radius 1 is 0.460 bits per heavy atom. The smallest absolute Gasteiger partial charge is 0.164 e. The average Bonchev–Trinajstić information content (AvgIpc) is 3.87. The Labute approximate surface area is 306 Å². The second-order valence-electron chi connectivity index (χ2n) is 11.7. The number of benzene rings is 7. The van der Waals surface area contributed by atoms with Gasteiger partial charge in [-0.15, -0.1) is 11.3 Å².